The fourth-order valence-electron chi connectivity index (χ4n) is 4.27. The highest BCUT2D eigenvalue weighted by Gasteiger charge is 2.15. The number of benzene rings is 4. The summed E-state index contributed by atoms with van der Waals surface area (Å²) < 4.78 is 11.9. The molecule has 0 saturated heterocycles. The molecule has 5 nitrogen and oxygen atoms in total. The summed E-state index contributed by atoms with van der Waals surface area (Å²) in [5.74, 6) is 1.43. The number of carbonyl (C=O) groups excluding carboxylic acids is 1. The standard InChI is InChI=1S/C31H24N2O3/c34-31(29-17-23-15-25(11-13-27(23)32-29)35-19-21-7-3-1-4-8-21)30-18-24-16-26(12-14-28(24)33-30)36-20-22-9-5-2-6-10-22/h1-18,32-33H,19-20H2. The van der Waals surface area contributed by atoms with E-state index in [2.05, 4.69) is 9.97 Å². The fourth-order valence-corrected chi connectivity index (χ4v) is 4.27. The number of rotatable bonds is 8. The zero-order valence-corrected chi connectivity index (χ0v) is 19.5. The summed E-state index contributed by atoms with van der Waals surface area (Å²) in [5, 5.41) is 1.85. The minimum Gasteiger partial charge on any atom is -0.489 e. The van der Waals surface area contributed by atoms with Gasteiger partial charge in [0.1, 0.15) is 24.7 Å². The van der Waals surface area contributed by atoms with Crippen molar-refractivity contribution >= 4 is 27.6 Å². The molecule has 0 aliphatic heterocycles. The molecule has 6 aromatic rings. The molecular formula is C31H24N2O3. The Labute approximate surface area is 208 Å². The van der Waals surface area contributed by atoms with Crippen LogP contribution in [0.25, 0.3) is 21.8 Å². The van der Waals surface area contributed by atoms with Crippen LogP contribution < -0.4 is 9.47 Å². The van der Waals surface area contributed by atoms with Crippen molar-refractivity contribution < 1.29 is 14.3 Å². The molecule has 0 spiro atoms. The normalized spacial score (nSPS) is 11.1. The lowest BCUT2D eigenvalue weighted by Gasteiger charge is -2.06. The molecule has 176 valence electrons. The Morgan fingerprint density at radius 2 is 1.00 bits per heavy atom. The molecule has 0 saturated carbocycles. The van der Waals surface area contributed by atoms with E-state index in [1.165, 1.54) is 0 Å². The number of fused-ring (bicyclic) bond motifs is 2. The predicted octanol–water partition coefficient (Wildman–Crippen LogP) is 7.04. The second-order valence-electron chi connectivity index (χ2n) is 8.74. The van der Waals surface area contributed by atoms with Crippen LogP contribution in [0, 0.1) is 0 Å². The zero-order valence-electron chi connectivity index (χ0n) is 19.5. The Hall–Kier alpha value is -4.77. The third-order valence-electron chi connectivity index (χ3n) is 6.17. The van der Waals surface area contributed by atoms with E-state index in [1.54, 1.807) is 0 Å². The van der Waals surface area contributed by atoms with E-state index in [1.807, 2.05) is 109 Å². The Morgan fingerprint density at radius 1 is 0.556 bits per heavy atom. The highest BCUT2D eigenvalue weighted by molar-refractivity contribution is 6.11. The first-order valence-electron chi connectivity index (χ1n) is 11.8. The Morgan fingerprint density at radius 3 is 1.44 bits per heavy atom. The second kappa shape index (κ2) is 9.47. The summed E-state index contributed by atoms with van der Waals surface area (Å²) in [6, 6.07) is 35.4. The van der Waals surface area contributed by atoms with Crippen LogP contribution in [-0.2, 0) is 13.2 Å². The largest absolute Gasteiger partial charge is 0.489 e. The van der Waals surface area contributed by atoms with Gasteiger partial charge in [0.2, 0.25) is 5.78 Å². The first kappa shape index (κ1) is 21.7. The van der Waals surface area contributed by atoms with Crippen molar-refractivity contribution in [3.63, 3.8) is 0 Å². The van der Waals surface area contributed by atoms with Crippen LogP contribution in [0.5, 0.6) is 11.5 Å². The number of H-pyrrole nitrogens is 2. The topological polar surface area (TPSA) is 67.1 Å². The maximum absolute atomic E-state index is 13.3. The number of aromatic nitrogens is 2. The van der Waals surface area contributed by atoms with Gasteiger partial charge in [-0.25, -0.2) is 0 Å². The summed E-state index contributed by atoms with van der Waals surface area (Å²) in [7, 11) is 0. The van der Waals surface area contributed by atoms with E-state index < -0.39 is 0 Å². The molecule has 0 atom stereocenters. The number of hydrogen-bond donors (Lipinski definition) is 2. The molecule has 5 heteroatoms. The van der Waals surface area contributed by atoms with Gasteiger partial charge in [-0.1, -0.05) is 60.7 Å². The van der Waals surface area contributed by atoms with Gasteiger partial charge in [-0.05, 0) is 59.7 Å². The van der Waals surface area contributed by atoms with Crippen molar-refractivity contribution in [2.75, 3.05) is 0 Å². The van der Waals surface area contributed by atoms with E-state index in [0.29, 0.717) is 24.6 Å². The molecular weight excluding hydrogens is 448 g/mol. The second-order valence-corrected chi connectivity index (χ2v) is 8.74. The van der Waals surface area contributed by atoms with E-state index in [-0.39, 0.29) is 5.78 Å². The summed E-state index contributed by atoms with van der Waals surface area (Å²) >= 11 is 0. The van der Waals surface area contributed by atoms with E-state index in [4.69, 9.17) is 9.47 Å². The quantitative estimate of drug-likeness (QED) is 0.234. The molecule has 2 heterocycles. The van der Waals surface area contributed by atoms with Crippen LogP contribution in [0.2, 0.25) is 0 Å². The Bertz CT molecular complexity index is 1530. The highest BCUT2D eigenvalue weighted by Crippen LogP contribution is 2.26. The Balaban J connectivity index is 1.18. The lowest BCUT2D eigenvalue weighted by molar-refractivity contribution is 0.103. The van der Waals surface area contributed by atoms with Gasteiger partial charge in [-0.15, -0.1) is 0 Å². The van der Waals surface area contributed by atoms with E-state index in [9.17, 15) is 4.79 Å². The molecule has 36 heavy (non-hydrogen) atoms. The molecule has 0 fully saturated rings. The van der Waals surface area contributed by atoms with Gasteiger partial charge in [0.05, 0.1) is 11.4 Å². The molecule has 0 radical (unpaired) electrons. The fraction of sp³-hybridized carbons (Fsp3) is 0.0645. The minimum absolute atomic E-state index is 0.0964. The van der Waals surface area contributed by atoms with Crippen LogP contribution in [0.4, 0.5) is 0 Å². The molecule has 0 aliphatic rings. The molecule has 0 unspecified atom stereocenters. The monoisotopic (exact) mass is 472 g/mol. The molecule has 0 bridgehead atoms. The van der Waals surface area contributed by atoms with Crippen LogP contribution in [0.15, 0.2) is 109 Å². The van der Waals surface area contributed by atoms with Crippen LogP contribution in [0.1, 0.15) is 27.3 Å². The smallest absolute Gasteiger partial charge is 0.225 e. The first-order chi connectivity index (χ1) is 17.7. The number of carbonyl (C=O) groups is 1. The van der Waals surface area contributed by atoms with Gasteiger partial charge < -0.3 is 19.4 Å². The average molecular weight is 473 g/mol. The Kier molecular flexibility index (Phi) is 5.72. The van der Waals surface area contributed by atoms with Gasteiger partial charge in [-0.3, -0.25) is 4.79 Å². The third kappa shape index (κ3) is 4.59. The zero-order chi connectivity index (χ0) is 24.3. The summed E-state index contributed by atoms with van der Waals surface area (Å²) in [4.78, 5) is 19.7. The van der Waals surface area contributed by atoms with E-state index in [0.717, 1.165) is 44.4 Å². The summed E-state index contributed by atoms with van der Waals surface area (Å²) in [6.07, 6.45) is 0. The molecule has 4 aromatic carbocycles. The van der Waals surface area contributed by atoms with Crippen molar-refractivity contribution in [3.05, 3.63) is 132 Å². The average Bonchev–Trinajstić information content (AvgIpc) is 3.55. The maximum Gasteiger partial charge on any atom is 0.225 e. The molecule has 0 aliphatic carbocycles. The number of ketones is 1. The maximum atomic E-state index is 13.3. The third-order valence-corrected chi connectivity index (χ3v) is 6.17. The number of hydrogen-bond acceptors (Lipinski definition) is 3. The molecule has 6 rings (SSSR count). The SMILES string of the molecule is O=C(c1cc2cc(OCc3ccccc3)ccc2[nH]1)c1cc2cc(OCc3ccccc3)ccc2[nH]1. The minimum atomic E-state index is -0.0964. The lowest BCUT2D eigenvalue weighted by Crippen LogP contribution is -2.01. The molecule has 2 aromatic heterocycles. The van der Waals surface area contributed by atoms with Crippen LogP contribution in [-0.4, -0.2) is 15.8 Å². The van der Waals surface area contributed by atoms with Crippen LogP contribution in [0.3, 0.4) is 0 Å². The number of ether oxygens (including phenoxy) is 2. The molecule has 2 N–H and O–H groups in total. The van der Waals surface area contributed by atoms with Gasteiger partial charge in [0.25, 0.3) is 0 Å². The first-order valence-corrected chi connectivity index (χ1v) is 11.8. The lowest BCUT2D eigenvalue weighted by atomic mass is 10.2. The van der Waals surface area contributed by atoms with Crippen molar-refractivity contribution in [3.8, 4) is 11.5 Å². The number of aromatic amines is 2. The van der Waals surface area contributed by atoms with Crippen molar-refractivity contribution in [1.29, 1.82) is 0 Å². The van der Waals surface area contributed by atoms with E-state index >= 15 is 0 Å². The number of nitrogens with one attached hydrogen (secondary N) is 2. The van der Waals surface area contributed by atoms with Gasteiger partial charge in [-0.2, -0.15) is 0 Å². The molecule has 0 amide bonds. The highest BCUT2D eigenvalue weighted by atomic mass is 16.5. The summed E-state index contributed by atoms with van der Waals surface area (Å²) in [5.41, 5.74) is 5.04. The van der Waals surface area contributed by atoms with Crippen LogP contribution >= 0.6 is 0 Å². The van der Waals surface area contributed by atoms with Crippen molar-refractivity contribution in [1.82, 2.24) is 9.97 Å². The van der Waals surface area contributed by atoms with Gasteiger partial charge in [0, 0.05) is 21.8 Å². The summed E-state index contributed by atoms with van der Waals surface area (Å²) in [6.45, 7) is 0.989. The van der Waals surface area contributed by atoms with Crippen molar-refractivity contribution in [2.24, 2.45) is 0 Å². The predicted molar refractivity (Wildman–Crippen MR) is 142 cm³/mol. The van der Waals surface area contributed by atoms with Gasteiger partial charge in [0.15, 0.2) is 0 Å². The van der Waals surface area contributed by atoms with Gasteiger partial charge >= 0.3 is 0 Å². The van der Waals surface area contributed by atoms with Crippen molar-refractivity contribution in [2.45, 2.75) is 13.2 Å².